The summed E-state index contributed by atoms with van der Waals surface area (Å²) >= 11 is 0. The lowest BCUT2D eigenvalue weighted by Crippen LogP contribution is -2.70. The molecule has 0 spiro atoms. The molecule has 0 aliphatic carbocycles. The van der Waals surface area contributed by atoms with Crippen molar-refractivity contribution in [3.05, 3.63) is 93.2 Å². The van der Waals surface area contributed by atoms with Crippen molar-refractivity contribution in [1.29, 1.82) is 0 Å². The Morgan fingerprint density at radius 1 is 0.481 bits per heavy atom. The molecule has 6 aromatic rings. The Bertz CT molecular complexity index is 4640. The molecule has 0 saturated carbocycles. The average Bonchev–Trinajstić information content (AvgIpc) is 0.732. The van der Waals surface area contributed by atoms with Crippen molar-refractivity contribution in [2.24, 2.45) is 0 Å². The molecule has 12 atom stereocenters. The summed E-state index contributed by atoms with van der Waals surface area (Å²) in [5.74, 6) is -21.5. The van der Waals surface area contributed by atoms with Gasteiger partial charge in [-0.05, 0) is 42.5 Å². The maximum absolute atomic E-state index is 15.1. The van der Waals surface area contributed by atoms with Crippen LogP contribution in [0.15, 0.2) is 91.2 Å². The van der Waals surface area contributed by atoms with Crippen molar-refractivity contribution in [2.45, 2.75) is 155 Å². The van der Waals surface area contributed by atoms with Gasteiger partial charge in [-0.3, -0.25) is 57.5 Å². The lowest BCUT2D eigenvalue weighted by molar-refractivity contribution is -0.289. The highest BCUT2D eigenvalue weighted by Crippen LogP contribution is 2.50. The Kier molecular flexibility index (Phi) is 25.8. The number of aromatic hydroxyl groups is 2. The minimum absolute atomic E-state index is 0.0246. The first-order chi connectivity index (χ1) is 50.9. The van der Waals surface area contributed by atoms with E-state index in [9.17, 15) is 67.7 Å². The number of hydrogen-bond acceptors (Lipinski definition) is 34. The standard InChI is InChI=1S/C72H76N2O34/c1-31(75)73-62-55(97-35(5)79)27-71(69(89)93-13,107-67(62)64(101-39(9)83)57(99-37(7)81)29-95-33(3)77)105-43-18-15-41(16-19-43)51-25-48(87)61-49(88)26-54(59(66(61)104-51)45-21-42(17-20-50(45)92-12)52-24-47(86)60-46(85)22-44(91-11)23-53(60)103-52)106-72(70(90)94-14)28-56(98-36(6)80)63(74-32(2)76)68(108-72)65(102-40(10)84)58(100-38(8)82)30-96-34(4)78/h15-26,55-58,62-65,67-68,85,88H,27-30H2,1-14H3,(H,73,75)(H,74,76)/t55-,56-,57+,58+,62+,63+,64+,65+,67+,68+,71+,72+/m0/s1. The third kappa shape index (κ3) is 18.8. The fraction of sp³-hybridized carbons (Fsp3) is 0.417. The van der Waals surface area contributed by atoms with Gasteiger partial charge in [-0.2, -0.15) is 0 Å². The number of hydrogen-bond donors (Lipinski definition) is 4. The second-order valence-electron chi connectivity index (χ2n) is 24.4. The summed E-state index contributed by atoms with van der Waals surface area (Å²) in [5, 5.41) is 27.5. The van der Waals surface area contributed by atoms with E-state index in [1.807, 2.05) is 0 Å². The lowest BCUT2D eigenvalue weighted by atomic mass is 9.87. The molecule has 0 bridgehead atoms. The Morgan fingerprint density at radius 3 is 1.37 bits per heavy atom. The SMILES string of the molecule is COC(=O)[C@@]1(Oc2ccc(-c3cc(=O)c4c(O)cc(O[C@]5(C(=O)OC)C[C@H](OC(C)=O)[C@@H](NC(C)=O)[C@H]([C@H](OC(C)=O)[C@@H](COC(C)=O)OC(C)=O)O5)c(-c5cc(-c6cc(=O)c7c(O)cc(OC)cc7o6)ccc5OC)c4o3)cc2)C[C@H](OC(C)=O)[C@@H](NC(C)=O)[C@H]([C@H](OC(C)=O)[C@@H](COC(C)=O)OC(C)=O)O1. The van der Waals surface area contributed by atoms with Crippen LogP contribution in [0.4, 0.5) is 0 Å². The van der Waals surface area contributed by atoms with E-state index in [4.69, 9.17) is 84.6 Å². The summed E-state index contributed by atoms with van der Waals surface area (Å²) in [6, 6.07) is 11.1. The van der Waals surface area contributed by atoms with Gasteiger partial charge in [0.15, 0.2) is 40.9 Å². The lowest BCUT2D eigenvalue weighted by Gasteiger charge is -2.48. The zero-order chi connectivity index (χ0) is 79.5. The van der Waals surface area contributed by atoms with Gasteiger partial charge in [0, 0.05) is 116 Å². The van der Waals surface area contributed by atoms with Crippen LogP contribution in [0.2, 0.25) is 0 Å². The molecule has 578 valence electrons. The number of carbonyl (C=O) groups is 12. The van der Waals surface area contributed by atoms with E-state index in [2.05, 4.69) is 10.6 Å². The van der Waals surface area contributed by atoms with Gasteiger partial charge in [-0.1, -0.05) is 0 Å². The van der Waals surface area contributed by atoms with Crippen LogP contribution >= 0.6 is 0 Å². The number of fused-ring (bicyclic) bond motifs is 2. The van der Waals surface area contributed by atoms with Gasteiger partial charge in [-0.15, -0.1) is 0 Å². The molecule has 2 aromatic heterocycles. The number of methoxy groups -OCH3 is 4. The number of phenols is 2. The van der Waals surface area contributed by atoms with Crippen LogP contribution in [0.1, 0.15) is 82.1 Å². The molecule has 4 heterocycles. The third-order valence-corrected chi connectivity index (χ3v) is 16.4. The molecule has 36 nitrogen and oxygen atoms in total. The highest BCUT2D eigenvalue weighted by molar-refractivity contribution is 6.02. The fourth-order valence-corrected chi connectivity index (χ4v) is 12.4. The maximum atomic E-state index is 15.1. The van der Waals surface area contributed by atoms with Gasteiger partial charge in [0.1, 0.15) is 100 Å². The van der Waals surface area contributed by atoms with E-state index in [0.717, 1.165) is 102 Å². The van der Waals surface area contributed by atoms with E-state index in [1.165, 1.54) is 68.8 Å². The summed E-state index contributed by atoms with van der Waals surface area (Å²) in [6.45, 7) is 8.16. The first-order valence-corrected chi connectivity index (χ1v) is 32.7. The van der Waals surface area contributed by atoms with Crippen molar-refractivity contribution >= 4 is 93.4 Å². The molecular weight excluding hydrogens is 1440 g/mol. The van der Waals surface area contributed by atoms with E-state index in [-0.39, 0.29) is 56.4 Å². The quantitative estimate of drug-likeness (QED) is 0.0416. The molecule has 2 saturated heterocycles. The smallest absolute Gasteiger partial charge is 0.379 e. The molecule has 4 N–H and O–H groups in total. The van der Waals surface area contributed by atoms with Gasteiger partial charge >= 0.3 is 71.3 Å². The normalized spacial score (nSPS) is 20.6. The number of amides is 2. The Balaban J connectivity index is 1.39. The number of esters is 10. The molecule has 2 fully saturated rings. The first kappa shape index (κ1) is 81.3. The largest absolute Gasteiger partial charge is 0.507 e. The molecule has 0 radical (unpaired) electrons. The Hall–Kier alpha value is -12.3. The van der Waals surface area contributed by atoms with Crippen LogP contribution in [0.3, 0.4) is 0 Å². The number of ether oxygens (including phenoxy) is 16. The number of carbonyl (C=O) groups excluding carboxylic acids is 12. The molecule has 8 rings (SSSR count). The summed E-state index contributed by atoms with van der Waals surface area (Å²) in [7, 11) is 4.31. The number of benzene rings is 4. The molecule has 2 amide bonds. The summed E-state index contributed by atoms with van der Waals surface area (Å²) in [5.41, 5.74) is -3.16. The van der Waals surface area contributed by atoms with E-state index >= 15 is 9.59 Å². The van der Waals surface area contributed by atoms with Crippen LogP contribution < -0.4 is 40.4 Å². The van der Waals surface area contributed by atoms with E-state index in [0.29, 0.717) is 0 Å². The van der Waals surface area contributed by atoms with Gasteiger partial charge < -0.3 is 105 Å². The first-order valence-electron chi connectivity index (χ1n) is 32.7. The minimum atomic E-state index is -3.11. The van der Waals surface area contributed by atoms with Crippen molar-refractivity contribution in [3.8, 4) is 68.3 Å². The molecule has 108 heavy (non-hydrogen) atoms. The van der Waals surface area contributed by atoms with Crippen LogP contribution in [0.25, 0.3) is 55.7 Å². The second kappa shape index (κ2) is 34.3. The molecule has 2 aliphatic rings. The predicted octanol–water partition coefficient (Wildman–Crippen LogP) is 4.13. The summed E-state index contributed by atoms with van der Waals surface area (Å²) in [4.78, 5) is 187. The van der Waals surface area contributed by atoms with Crippen molar-refractivity contribution in [1.82, 2.24) is 10.6 Å². The zero-order valence-corrected chi connectivity index (χ0v) is 60.5. The van der Waals surface area contributed by atoms with Crippen LogP contribution in [0.5, 0.6) is 34.5 Å². The number of phenolic OH excluding ortho intramolecular Hbond substituents is 2. The minimum Gasteiger partial charge on any atom is -0.507 e. The highest BCUT2D eigenvalue weighted by Gasteiger charge is 2.62. The van der Waals surface area contributed by atoms with E-state index in [1.54, 1.807) is 0 Å². The van der Waals surface area contributed by atoms with Crippen LogP contribution in [0, 0.1) is 0 Å². The van der Waals surface area contributed by atoms with E-state index < -0.39 is 215 Å². The highest BCUT2D eigenvalue weighted by atomic mass is 16.8. The number of rotatable bonds is 27. The molecule has 4 aromatic carbocycles. The fourth-order valence-electron chi connectivity index (χ4n) is 12.4. The molecule has 2 aliphatic heterocycles. The molecule has 0 unspecified atom stereocenters. The number of nitrogens with one attached hydrogen (secondary N) is 2. The van der Waals surface area contributed by atoms with Crippen molar-refractivity contribution < 1.29 is 152 Å². The molecular formula is C72H76N2O34. The summed E-state index contributed by atoms with van der Waals surface area (Å²) in [6.07, 6.45) is -16.9. The van der Waals surface area contributed by atoms with Gasteiger partial charge in [-0.25, -0.2) is 9.59 Å². The Morgan fingerprint density at radius 2 is 0.935 bits per heavy atom. The van der Waals surface area contributed by atoms with Crippen molar-refractivity contribution in [2.75, 3.05) is 41.7 Å². The predicted molar refractivity (Wildman–Crippen MR) is 363 cm³/mol. The van der Waals surface area contributed by atoms with Crippen LogP contribution in [-0.2, 0) is 114 Å². The Labute approximate surface area is 612 Å². The average molecular weight is 1510 g/mol. The zero-order valence-electron chi connectivity index (χ0n) is 60.5. The van der Waals surface area contributed by atoms with Gasteiger partial charge in [0.2, 0.25) is 11.8 Å². The van der Waals surface area contributed by atoms with Crippen molar-refractivity contribution in [3.63, 3.8) is 0 Å². The molecule has 36 heteroatoms. The monoisotopic (exact) mass is 1510 g/mol. The summed E-state index contributed by atoms with van der Waals surface area (Å²) < 4.78 is 105. The van der Waals surface area contributed by atoms with Crippen LogP contribution in [-0.4, -0.2) is 196 Å². The topological polar surface area (TPSA) is 477 Å². The second-order valence-corrected chi connectivity index (χ2v) is 24.4. The van der Waals surface area contributed by atoms with Gasteiger partial charge in [0.25, 0.3) is 0 Å². The maximum Gasteiger partial charge on any atom is 0.379 e. The van der Waals surface area contributed by atoms with Gasteiger partial charge in [0.05, 0.1) is 58.9 Å². The third-order valence-electron chi connectivity index (χ3n) is 16.4.